The Kier molecular flexibility index (Phi) is 8.97. The molecule has 1 aliphatic rings. The summed E-state index contributed by atoms with van der Waals surface area (Å²) in [5.74, 6) is -2.46. The molecule has 0 fully saturated rings. The SMILES string of the molecule is CN(C)C(=O)C(CNC(=O)C(=O)Nc1ccc(Cl)cn1)NC(=O)CCc1cc2c(s1)CCNC2. The van der Waals surface area contributed by atoms with Crippen molar-refractivity contribution in [3.05, 3.63) is 44.7 Å². The molecule has 0 saturated heterocycles. The Bertz CT molecular complexity index is 1030. The Balaban J connectivity index is 1.51. The number of fused-ring (bicyclic) bond motifs is 1. The van der Waals surface area contributed by atoms with E-state index in [1.807, 2.05) is 0 Å². The number of hydrogen-bond donors (Lipinski definition) is 4. The first-order chi connectivity index (χ1) is 16.2. The van der Waals surface area contributed by atoms with Crippen molar-refractivity contribution in [3.63, 3.8) is 0 Å². The third kappa shape index (κ3) is 7.24. The highest BCUT2D eigenvalue weighted by Gasteiger charge is 2.25. The van der Waals surface area contributed by atoms with E-state index in [4.69, 9.17) is 11.6 Å². The Morgan fingerprint density at radius 2 is 2.03 bits per heavy atom. The summed E-state index contributed by atoms with van der Waals surface area (Å²) >= 11 is 7.46. The van der Waals surface area contributed by atoms with Crippen LogP contribution in [0.4, 0.5) is 5.82 Å². The van der Waals surface area contributed by atoms with Crippen LogP contribution in [0.5, 0.6) is 0 Å². The Morgan fingerprint density at radius 3 is 2.71 bits per heavy atom. The molecular weight excluding hydrogens is 480 g/mol. The lowest BCUT2D eigenvalue weighted by atomic mass is 10.1. The van der Waals surface area contributed by atoms with E-state index in [-0.39, 0.29) is 24.7 Å². The van der Waals surface area contributed by atoms with E-state index < -0.39 is 23.8 Å². The first kappa shape index (κ1) is 25.6. The number of carbonyl (C=O) groups is 4. The van der Waals surface area contributed by atoms with Gasteiger partial charge in [0.2, 0.25) is 11.8 Å². The van der Waals surface area contributed by atoms with Gasteiger partial charge < -0.3 is 26.2 Å². The molecule has 0 saturated carbocycles. The van der Waals surface area contributed by atoms with Gasteiger partial charge in [0.1, 0.15) is 11.9 Å². The second-order valence-electron chi connectivity index (χ2n) is 7.97. The fourth-order valence-corrected chi connectivity index (χ4v) is 4.65. The Hall–Kier alpha value is -3.02. The normalized spacial score (nSPS) is 13.4. The molecule has 1 unspecified atom stereocenters. The predicted octanol–water partition coefficient (Wildman–Crippen LogP) is 0.703. The van der Waals surface area contributed by atoms with Crippen LogP contribution in [-0.4, -0.2) is 66.7 Å². The van der Waals surface area contributed by atoms with E-state index in [1.54, 1.807) is 25.4 Å². The fourth-order valence-electron chi connectivity index (χ4n) is 3.35. The molecule has 0 bridgehead atoms. The van der Waals surface area contributed by atoms with Crippen molar-refractivity contribution in [1.82, 2.24) is 25.8 Å². The number of anilines is 1. The summed E-state index contributed by atoms with van der Waals surface area (Å²) in [6.07, 6.45) is 3.10. The van der Waals surface area contributed by atoms with Crippen molar-refractivity contribution in [2.45, 2.75) is 31.8 Å². The number of nitrogens with zero attached hydrogens (tertiary/aromatic N) is 2. The number of rotatable bonds is 8. The predicted molar refractivity (Wildman–Crippen MR) is 130 cm³/mol. The van der Waals surface area contributed by atoms with Crippen LogP contribution in [0.25, 0.3) is 0 Å². The van der Waals surface area contributed by atoms with E-state index in [0.717, 1.165) is 24.4 Å². The fraction of sp³-hybridized carbons (Fsp3) is 0.409. The highest BCUT2D eigenvalue weighted by molar-refractivity contribution is 7.12. The lowest BCUT2D eigenvalue weighted by molar-refractivity contribution is -0.137. The van der Waals surface area contributed by atoms with Crippen molar-refractivity contribution >= 4 is 52.4 Å². The molecule has 182 valence electrons. The molecule has 0 spiro atoms. The summed E-state index contributed by atoms with van der Waals surface area (Å²) in [5.41, 5.74) is 1.28. The third-order valence-electron chi connectivity index (χ3n) is 5.11. The number of halogens is 1. The van der Waals surface area contributed by atoms with Gasteiger partial charge in [0.05, 0.1) is 5.02 Å². The molecule has 3 rings (SSSR count). The number of likely N-dealkylation sites (N-methyl/N-ethyl adjacent to an activating group) is 1. The maximum atomic E-state index is 12.5. The molecule has 2 aromatic heterocycles. The molecular formula is C22H27ClN6O4S. The highest BCUT2D eigenvalue weighted by atomic mass is 35.5. The smallest absolute Gasteiger partial charge is 0.314 e. The van der Waals surface area contributed by atoms with Crippen LogP contribution in [0.1, 0.15) is 21.7 Å². The summed E-state index contributed by atoms with van der Waals surface area (Å²) in [4.78, 5) is 57.0. The van der Waals surface area contributed by atoms with Crippen molar-refractivity contribution in [2.24, 2.45) is 0 Å². The summed E-state index contributed by atoms with van der Waals surface area (Å²) in [6.45, 7) is 1.57. The Morgan fingerprint density at radius 1 is 1.24 bits per heavy atom. The molecule has 3 heterocycles. The van der Waals surface area contributed by atoms with Crippen LogP contribution in [0.15, 0.2) is 24.4 Å². The second kappa shape index (κ2) is 11.9. The number of aromatic nitrogens is 1. The van der Waals surface area contributed by atoms with E-state index in [2.05, 4.69) is 32.3 Å². The molecule has 1 aliphatic heterocycles. The maximum Gasteiger partial charge on any atom is 0.314 e. The molecule has 4 N–H and O–H groups in total. The second-order valence-corrected chi connectivity index (χ2v) is 9.62. The van der Waals surface area contributed by atoms with Gasteiger partial charge in [0.15, 0.2) is 0 Å². The minimum Gasteiger partial charge on any atom is -0.347 e. The Labute approximate surface area is 206 Å². The number of nitrogens with one attached hydrogen (secondary N) is 4. The van der Waals surface area contributed by atoms with Crippen molar-refractivity contribution in [2.75, 3.05) is 32.5 Å². The molecule has 2 aromatic rings. The molecule has 1 atom stereocenters. The number of pyridine rings is 1. The number of carbonyl (C=O) groups excluding carboxylic acids is 4. The van der Waals surface area contributed by atoms with Crippen LogP contribution < -0.4 is 21.3 Å². The molecule has 4 amide bonds. The number of thiophene rings is 1. The summed E-state index contributed by atoms with van der Waals surface area (Å²) in [6, 6.07) is 4.09. The molecule has 10 nitrogen and oxygen atoms in total. The largest absolute Gasteiger partial charge is 0.347 e. The van der Waals surface area contributed by atoms with Gasteiger partial charge in [-0.25, -0.2) is 4.98 Å². The zero-order chi connectivity index (χ0) is 24.7. The molecule has 0 aromatic carbocycles. The van der Waals surface area contributed by atoms with E-state index in [9.17, 15) is 19.2 Å². The maximum absolute atomic E-state index is 12.5. The first-order valence-electron chi connectivity index (χ1n) is 10.8. The minimum atomic E-state index is -1.01. The third-order valence-corrected chi connectivity index (χ3v) is 6.63. The monoisotopic (exact) mass is 506 g/mol. The quantitative estimate of drug-likeness (QED) is 0.390. The van der Waals surface area contributed by atoms with Gasteiger partial charge in [-0.05, 0) is 36.6 Å². The summed E-state index contributed by atoms with van der Waals surface area (Å²) < 4.78 is 0. The zero-order valence-electron chi connectivity index (χ0n) is 18.9. The van der Waals surface area contributed by atoms with Crippen molar-refractivity contribution in [3.8, 4) is 0 Å². The number of amides is 4. The van der Waals surface area contributed by atoms with Gasteiger partial charge in [-0.15, -0.1) is 11.3 Å². The number of hydrogen-bond acceptors (Lipinski definition) is 7. The number of aryl methyl sites for hydroxylation is 1. The molecule has 0 radical (unpaired) electrons. The van der Waals surface area contributed by atoms with E-state index in [1.165, 1.54) is 33.7 Å². The van der Waals surface area contributed by atoms with Crippen LogP contribution in [0.3, 0.4) is 0 Å². The lowest BCUT2D eigenvalue weighted by Crippen LogP contribution is -2.53. The minimum absolute atomic E-state index is 0.157. The average Bonchev–Trinajstić information content (AvgIpc) is 3.24. The molecule has 0 aliphatic carbocycles. The summed E-state index contributed by atoms with van der Waals surface area (Å²) in [5, 5.41) is 11.1. The van der Waals surface area contributed by atoms with Gasteiger partial charge in [-0.1, -0.05) is 11.6 Å². The summed E-state index contributed by atoms with van der Waals surface area (Å²) in [7, 11) is 3.10. The topological polar surface area (TPSA) is 133 Å². The van der Waals surface area contributed by atoms with Crippen molar-refractivity contribution < 1.29 is 19.2 Å². The van der Waals surface area contributed by atoms with Gasteiger partial charge in [-0.3, -0.25) is 19.2 Å². The van der Waals surface area contributed by atoms with Gasteiger partial charge in [-0.2, -0.15) is 0 Å². The first-order valence-corrected chi connectivity index (χ1v) is 11.9. The van der Waals surface area contributed by atoms with Crippen LogP contribution in [-0.2, 0) is 38.6 Å². The van der Waals surface area contributed by atoms with E-state index in [0.29, 0.717) is 11.4 Å². The van der Waals surface area contributed by atoms with E-state index >= 15 is 0 Å². The standard InChI is InChI=1S/C22H27ClN6O4S/c1-29(2)22(33)16(12-26-20(31)21(32)28-18-5-3-14(23)11-25-18)27-19(30)6-4-15-9-13-10-24-8-7-17(13)34-15/h3,5,9,11,16,24H,4,6-8,10,12H2,1-2H3,(H,26,31)(H,27,30)(H,25,28,32). The van der Waals surface area contributed by atoms with Gasteiger partial charge in [0.25, 0.3) is 0 Å². The average molecular weight is 507 g/mol. The van der Waals surface area contributed by atoms with Crippen LogP contribution in [0, 0.1) is 0 Å². The lowest BCUT2D eigenvalue weighted by Gasteiger charge is -2.22. The highest BCUT2D eigenvalue weighted by Crippen LogP contribution is 2.26. The van der Waals surface area contributed by atoms with Gasteiger partial charge in [0, 0.05) is 56.1 Å². The van der Waals surface area contributed by atoms with Crippen LogP contribution >= 0.6 is 22.9 Å². The molecule has 34 heavy (non-hydrogen) atoms. The molecule has 12 heteroatoms. The van der Waals surface area contributed by atoms with Gasteiger partial charge >= 0.3 is 11.8 Å². The zero-order valence-corrected chi connectivity index (χ0v) is 20.5. The van der Waals surface area contributed by atoms with Crippen LogP contribution in [0.2, 0.25) is 5.02 Å². The van der Waals surface area contributed by atoms with Crippen molar-refractivity contribution in [1.29, 1.82) is 0 Å².